The van der Waals surface area contributed by atoms with Crippen LogP contribution >= 0.6 is 15.9 Å². The maximum absolute atomic E-state index is 13.5. The highest BCUT2D eigenvalue weighted by Crippen LogP contribution is 2.23. The van der Waals surface area contributed by atoms with E-state index in [-0.39, 0.29) is 11.8 Å². The number of aromatic nitrogens is 2. The van der Waals surface area contributed by atoms with E-state index in [1.165, 1.54) is 12.3 Å². The average Bonchev–Trinajstić information content (AvgIpc) is 2.34. The molecule has 0 spiro atoms. The molecule has 0 atom stereocenters. The fraction of sp³-hybridized carbons (Fsp3) is 0. The van der Waals surface area contributed by atoms with Crippen LogP contribution in [0, 0.1) is 5.82 Å². The Hall–Kier alpha value is -1.73. The van der Waals surface area contributed by atoms with Gasteiger partial charge in [0.05, 0.1) is 5.69 Å². The van der Waals surface area contributed by atoms with Crippen LogP contribution in [0.4, 0.5) is 21.8 Å². The summed E-state index contributed by atoms with van der Waals surface area (Å²) in [6.07, 6.45) is 1.51. The fourth-order valence-corrected chi connectivity index (χ4v) is 1.59. The van der Waals surface area contributed by atoms with Crippen LogP contribution in [0.2, 0.25) is 0 Å². The third kappa shape index (κ3) is 2.89. The van der Waals surface area contributed by atoms with Gasteiger partial charge in [-0.2, -0.15) is 4.98 Å². The molecule has 0 fully saturated rings. The zero-order valence-electron chi connectivity index (χ0n) is 8.61. The van der Waals surface area contributed by atoms with Crippen molar-refractivity contribution < 1.29 is 4.39 Å². The van der Waals surface area contributed by atoms with Crippen molar-refractivity contribution in [3.8, 4) is 0 Å². The van der Waals surface area contributed by atoms with Crippen LogP contribution in [0.1, 0.15) is 0 Å². The summed E-state index contributed by atoms with van der Waals surface area (Å²) in [5.74, 6) is 5.52. The van der Waals surface area contributed by atoms with Gasteiger partial charge in [-0.25, -0.2) is 15.2 Å². The standard InChI is InChI=1S/C10H9BrFN5/c11-6-1-2-7(12)8(5-6)15-9-3-4-14-10(16-9)17-13/h1-5H,13H2,(H2,14,15,16,17). The molecular weight excluding hydrogens is 289 g/mol. The van der Waals surface area contributed by atoms with E-state index in [9.17, 15) is 4.39 Å². The van der Waals surface area contributed by atoms with E-state index in [2.05, 4.69) is 36.6 Å². The normalized spacial score (nSPS) is 10.1. The summed E-state index contributed by atoms with van der Waals surface area (Å²) in [6, 6.07) is 6.21. The van der Waals surface area contributed by atoms with Crippen LogP contribution in [0.5, 0.6) is 0 Å². The van der Waals surface area contributed by atoms with Gasteiger partial charge in [-0.05, 0) is 24.3 Å². The first-order valence-electron chi connectivity index (χ1n) is 4.71. The third-order valence-electron chi connectivity index (χ3n) is 1.98. The molecule has 0 saturated heterocycles. The molecule has 0 unspecified atom stereocenters. The van der Waals surface area contributed by atoms with Crippen molar-refractivity contribution >= 4 is 33.4 Å². The molecular formula is C10H9BrFN5. The van der Waals surface area contributed by atoms with E-state index >= 15 is 0 Å². The van der Waals surface area contributed by atoms with Crippen LogP contribution in [-0.4, -0.2) is 9.97 Å². The number of rotatable bonds is 3. The van der Waals surface area contributed by atoms with Crippen molar-refractivity contribution in [3.63, 3.8) is 0 Å². The van der Waals surface area contributed by atoms with E-state index in [4.69, 9.17) is 5.84 Å². The minimum Gasteiger partial charge on any atom is -0.338 e. The van der Waals surface area contributed by atoms with E-state index in [1.54, 1.807) is 18.2 Å². The Morgan fingerprint density at radius 2 is 2.12 bits per heavy atom. The average molecular weight is 298 g/mol. The molecule has 0 bridgehead atoms. The molecule has 0 radical (unpaired) electrons. The van der Waals surface area contributed by atoms with Gasteiger partial charge in [-0.3, -0.25) is 5.43 Å². The molecule has 0 aliphatic heterocycles. The van der Waals surface area contributed by atoms with Gasteiger partial charge < -0.3 is 5.32 Å². The van der Waals surface area contributed by atoms with Crippen molar-refractivity contribution in [2.75, 3.05) is 10.7 Å². The van der Waals surface area contributed by atoms with Gasteiger partial charge >= 0.3 is 0 Å². The number of nitrogens with zero attached hydrogens (tertiary/aromatic N) is 2. The molecule has 0 amide bonds. The highest BCUT2D eigenvalue weighted by molar-refractivity contribution is 9.10. The molecule has 1 aromatic carbocycles. The second-order valence-corrected chi connectivity index (χ2v) is 4.07. The number of hydrogen-bond donors (Lipinski definition) is 3. The van der Waals surface area contributed by atoms with Crippen molar-refractivity contribution in [1.82, 2.24) is 9.97 Å². The van der Waals surface area contributed by atoms with Gasteiger partial charge in [0.25, 0.3) is 0 Å². The van der Waals surface area contributed by atoms with E-state index in [0.717, 1.165) is 4.47 Å². The zero-order valence-corrected chi connectivity index (χ0v) is 10.2. The molecule has 88 valence electrons. The lowest BCUT2D eigenvalue weighted by Gasteiger charge is -2.07. The first-order chi connectivity index (χ1) is 8.19. The fourth-order valence-electron chi connectivity index (χ4n) is 1.23. The van der Waals surface area contributed by atoms with Crippen LogP contribution in [0.3, 0.4) is 0 Å². The number of nitrogens with two attached hydrogens (primary N) is 1. The molecule has 0 saturated carbocycles. The second kappa shape index (κ2) is 5.07. The number of hydrogen-bond acceptors (Lipinski definition) is 5. The lowest BCUT2D eigenvalue weighted by atomic mass is 10.3. The number of hydrazine groups is 1. The Labute approximate surface area is 105 Å². The molecule has 4 N–H and O–H groups in total. The molecule has 0 aliphatic rings. The number of benzene rings is 1. The molecule has 5 nitrogen and oxygen atoms in total. The highest BCUT2D eigenvalue weighted by atomic mass is 79.9. The first-order valence-corrected chi connectivity index (χ1v) is 5.50. The summed E-state index contributed by atoms with van der Waals surface area (Å²) < 4.78 is 14.2. The molecule has 0 aliphatic carbocycles. The Balaban J connectivity index is 2.27. The summed E-state index contributed by atoms with van der Waals surface area (Å²) in [4.78, 5) is 7.87. The van der Waals surface area contributed by atoms with Gasteiger partial charge in [0.15, 0.2) is 0 Å². The van der Waals surface area contributed by atoms with Crippen molar-refractivity contribution in [2.24, 2.45) is 5.84 Å². The molecule has 17 heavy (non-hydrogen) atoms. The van der Waals surface area contributed by atoms with Crippen LogP contribution in [0.25, 0.3) is 0 Å². The van der Waals surface area contributed by atoms with Crippen molar-refractivity contribution in [3.05, 3.63) is 40.8 Å². The number of halogens is 2. The van der Waals surface area contributed by atoms with Crippen LogP contribution < -0.4 is 16.6 Å². The van der Waals surface area contributed by atoms with Gasteiger partial charge in [-0.15, -0.1) is 0 Å². The van der Waals surface area contributed by atoms with Gasteiger partial charge in [0.1, 0.15) is 11.6 Å². The number of nitrogen functional groups attached to an aromatic ring is 1. The summed E-state index contributed by atoms with van der Waals surface area (Å²) in [5, 5.41) is 2.84. The SMILES string of the molecule is NNc1nccc(Nc2cc(Br)ccc2F)n1. The van der Waals surface area contributed by atoms with Gasteiger partial charge in [-0.1, -0.05) is 15.9 Å². The zero-order chi connectivity index (χ0) is 12.3. The van der Waals surface area contributed by atoms with E-state index in [1.807, 2.05) is 0 Å². The predicted octanol–water partition coefficient (Wildman–Crippen LogP) is 2.41. The Bertz CT molecular complexity index is 534. The molecule has 1 heterocycles. The van der Waals surface area contributed by atoms with Gasteiger partial charge in [0, 0.05) is 10.7 Å². The Kier molecular flexibility index (Phi) is 3.50. The summed E-state index contributed by atoms with van der Waals surface area (Å²) in [7, 11) is 0. The second-order valence-electron chi connectivity index (χ2n) is 3.16. The lowest BCUT2D eigenvalue weighted by molar-refractivity contribution is 0.631. The quantitative estimate of drug-likeness (QED) is 0.599. The first kappa shape index (κ1) is 11.7. The molecule has 1 aromatic heterocycles. The maximum Gasteiger partial charge on any atom is 0.239 e. The summed E-state index contributed by atoms with van der Waals surface area (Å²) >= 11 is 3.27. The molecule has 2 aromatic rings. The lowest BCUT2D eigenvalue weighted by Crippen LogP contribution is -2.11. The minimum absolute atomic E-state index is 0.255. The third-order valence-corrected chi connectivity index (χ3v) is 2.47. The van der Waals surface area contributed by atoms with Crippen LogP contribution in [-0.2, 0) is 0 Å². The van der Waals surface area contributed by atoms with E-state index < -0.39 is 0 Å². The number of anilines is 3. The monoisotopic (exact) mass is 297 g/mol. The predicted molar refractivity (Wildman–Crippen MR) is 67.2 cm³/mol. The topological polar surface area (TPSA) is 75.9 Å². The van der Waals surface area contributed by atoms with Crippen molar-refractivity contribution in [2.45, 2.75) is 0 Å². The Morgan fingerprint density at radius 1 is 1.29 bits per heavy atom. The molecule has 2 rings (SSSR count). The smallest absolute Gasteiger partial charge is 0.239 e. The largest absolute Gasteiger partial charge is 0.338 e. The van der Waals surface area contributed by atoms with E-state index in [0.29, 0.717) is 11.5 Å². The van der Waals surface area contributed by atoms with Crippen molar-refractivity contribution in [1.29, 1.82) is 0 Å². The Morgan fingerprint density at radius 3 is 2.88 bits per heavy atom. The van der Waals surface area contributed by atoms with Gasteiger partial charge in [0.2, 0.25) is 5.95 Å². The summed E-state index contributed by atoms with van der Waals surface area (Å²) in [6.45, 7) is 0. The minimum atomic E-state index is -0.367. The maximum atomic E-state index is 13.5. The number of nitrogens with one attached hydrogen (secondary N) is 2. The van der Waals surface area contributed by atoms with Crippen LogP contribution in [0.15, 0.2) is 34.9 Å². The highest BCUT2D eigenvalue weighted by Gasteiger charge is 2.04. The molecule has 7 heteroatoms. The summed E-state index contributed by atoms with van der Waals surface area (Å²) in [5.41, 5.74) is 2.63.